The average Bonchev–Trinajstić information content (AvgIpc) is 2.81. The van der Waals surface area contributed by atoms with Crippen molar-refractivity contribution >= 4 is 23.2 Å². The first-order chi connectivity index (χ1) is 9.10. The zero-order valence-electron chi connectivity index (χ0n) is 10.7. The van der Waals surface area contributed by atoms with Crippen LogP contribution in [0.25, 0.3) is 0 Å². The maximum atomic E-state index is 11.8. The number of carbonyl (C=O) groups is 2. The van der Waals surface area contributed by atoms with E-state index in [4.69, 9.17) is 5.73 Å². The van der Waals surface area contributed by atoms with E-state index in [1.165, 1.54) is 16.2 Å². The van der Waals surface area contributed by atoms with Crippen LogP contribution in [-0.2, 0) is 16.1 Å². The molecule has 1 aliphatic heterocycles. The molecule has 0 radical (unpaired) electrons. The highest BCUT2D eigenvalue weighted by Gasteiger charge is 2.27. The summed E-state index contributed by atoms with van der Waals surface area (Å²) < 4.78 is 0. The van der Waals surface area contributed by atoms with Crippen molar-refractivity contribution < 1.29 is 9.59 Å². The molecular formula is C13H15N3O2S. The number of likely N-dealkylation sites (N-methyl/N-ethyl adjacent to an activating group) is 1. The molecule has 0 unspecified atom stereocenters. The van der Waals surface area contributed by atoms with Gasteiger partial charge in [0.05, 0.1) is 19.6 Å². The number of rotatable bonds is 2. The van der Waals surface area contributed by atoms with Crippen LogP contribution in [0, 0.1) is 11.8 Å². The summed E-state index contributed by atoms with van der Waals surface area (Å²) in [6, 6.07) is 1.93. The normalized spacial score (nSPS) is 15.5. The second kappa shape index (κ2) is 5.87. The minimum atomic E-state index is -0.0284. The molecule has 1 aromatic rings. The van der Waals surface area contributed by atoms with Crippen molar-refractivity contribution in [1.82, 2.24) is 9.80 Å². The van der Waals surface area contributed by atoms with E-state index in [1.54, 1.807) is 11.9 Å². The Hall–Kier alpha value is -1.84. The SMILES string of the molecule is CN1CC(=O)N(Cc2cc(C#CCN)cs2)CC1=O. The molecule has 1 saturated heterocycles. The van der Waals surface area contributed by atoms with E-state index < -0.39 is 0 Å². The highest BCUT2D eigenvalue weighted by atomic mass is 32.1. The molecule has 2 rings (SSSR count). The van der Waals surface area contributed by atoms with Gasteiger partial charge in [-0.3, -0.25) is 9.59 Å². The predicted octanol–water partition coefficient (Wildman–Crippen LogP) is -0.141. The Morgan fingerprint density at radius 3 is 2.89 bits per heavy atom. The van der Waals surface area contributed by atoms with Crippen LogP contribution < -0.4 is 5.73 Å². The Bertz CT molecular complexity index is 556. The lowest BCUT2D eigenvalue weighted by atomic mass is 10.2. The molecule has 2 heterocycles. The fraction of sp³-hybridized carbons (Fsp3) is 0.385. The smallest absolute Gasteiger partial charge is 0.242 e. The minimum Gasteiger partial charge on any atom is -0.335 e. The lowest BCUT2D eigenvalue weighted by Crippen LogP contribution is -2.51. The van der Waals surface area contributed by atoms with Crippen LogP contribution in [0.2, 0.25) is 0 Å². The molecule has 1 aliphatic rings. The van der Waals surface area contributed by atoms with E-state index in [0.717, 1.165) is 10.4 Å². The number of hydrogen-bond acceptors (Lipinski definition) is 4. The van der Waals surface area contributed by atoms with Crippen molar-refractivity contribution in [3.8, 4) is 11.8 Å². The van der Waals surface area contributed by atoms with E-state index in [9.17, 15) is 9.59 Å². The summed E-state index contributed by atoms with van der Waals surface area (Å²) in [4.78, 5) is 27.5. The van der Waals surface area contributed by atoms with E-state index in [0.29, 0.717) is 13.1 Å². The summed E-state index contributed by atoms with van der Waals surface area (Å²) in [5, 5.41) is 1.93. The largest absolute Gasteiger partial charge is 0.335 e. The summed E-state index contributed by atoms with van der Waals surface area (Å²) in [7, 11) is 1.64. The molecule has 0 aromatic carbocycles. The summed E-state index contributed by atoms with van der Waals surface area (Å²) >= 11 is 1.54. The predicted molar refractivity (Wildman–Crippen MR) is 73.3 cm³/mol. The van der Waals surface area contributed by atoms with E-state index in [1.807, 2.05) is 11.4 Å². The van der Waals surface area contributed by atoms with Crippen molar-refractivity contribution in [3.05, 3.63) is 21.9 Å². The number of amides is 2. The van der Waals surface area contributed by atoms with Gasteiger partial charge in [0.15, 0.2) is 0 Å². The molecule has 2 amide bonds. The molecule has 0 spiro atoms. The molecule has 2 N–H and O–H groups in total. The first-order valence-electron chi connectivity index (χ1n) is 5.88. The van der Waals surface area contributed by atoms with Gasteiger partial charge in [0.2, 0.25) is 11.8 Å². The van der Waals surface area contributed by atoms with Crippen molar-refractivity contribution in [3.63, 3.8) is 0 Å². The topological polar surface area (TPSA) is 66.6 Å². The highest BCUT2D eigenvalue weighted by Crippen LogP contribution is 2.17. The molecule has 0 bridgehead atoms. The Balaban J connectivity index is 2.02. The maximum Gasteiger partial charge on any atom is 0.242 e. The van der Waals surface area contributed by atoms with Crippen molar-refractivity contribution in [2.45, 2.75) is 6.54 Å². The van der Waals surface area contributed by atoms with Gasteiger partial charge in [0.25, 0.3) is 0 Å². The summed E-state index contributed by atoms with van der Waals surface area (Å²) in [6.07, 6.45) is 0. The molecule has 0 saturated carbocycles. The van der Waals surface area contributed by atoms with Gasteiger partial charge in [0, 0.05) is 22.9 Å². The summed E-state index contributed by atoms with van der Waals surface area (Å²) in [5.74, 6) is 5.68. The fourth-order valence-corrected chi connectivity index (χ4v) is 2.61. The molecule has 0 aliphatic carbocycles. The van der Waals surface area contributed by atoms with Gasteiger partial charge < -0.3 is 15.5 Å². The molecule has 19 heavy (non-hydrogen) atoms. The van der Waals surface area contributed by atoms with Crippen LogP contribution in [-0.4, -0.2) is 48.3 Å². The standard InChI is InChI=1S/C13H15N3O2S/c1-15-7-13(18)16(8-12(15)17)6-11-5-10(9-19-11)3-2-4-14/h5,9H,4,6-8,14H2,1H3. The number of hydrogen-bond donors (Lipinski definition) is 1. The second-order valence-corrected chi connectivity index (χ2v) is 5.30. The minimum absolute atomic E-state index is 0.0231. The zero-order valence-corrected chi connectivity index (χ0v) is 11.5. The van der Waals surface area contributed by atoms with Gasteiger partial charge in [-0.15, -0.1) is 11.3 Å². The van der Waals surface area contributed by atoms with E-state index in [2.05, 4.69) is 11.8 Å². The van der Waals surface area contributed by atoms with Crippen molar-refractivity contribution in [2.75, 3.05) is 26.7 Å². The summed E-state index contributed by atoms with van der Waals surface area (Å²) in [5.41, 5.74) is 6.22. The van der Waals surface area contributed by atoms with Crippen LogP contribution in [0.15, 0.2) is 11.4 Å². The van der Waals surface area contributed by atoms with Gasteiger partial charge in [0.1, 0.15) is 6.54 Å². The van der Waals surface area contributed by atoms with Crippen LogP contribution >= 0.6 is 11.3 Å². The Morgan fingerprint density at radius 2 is 2.16 bits per heavy atom. The molecule has 6 heteroatoms. The van der Waals surface area contributed by atoms with Crippen molar-refractivity contribution in [1.29, 1.82) is 0 Å². The lowest BCUT2D eigenvalue weighted by Gasteiger charge is -2.31. The number of piperazine rings is 1. The Labute approximate surface area is 116 Å². The molecule has 1 aromatic heterocycles. The third-order valence-corrected chi connectivity index (χ3v) is 3.73. The first-order valence-corrected chi connectivity index (χ1v) is 6.76. The Kier molecular flexibility index (Phi) is 4.20. The fourth-order valence-electron chi connectivity index (χ4n) is 1.78. The molecular weight excluding hydrogens is 262 g/mol. The summed E-state index contributed by atoms with van der Waals surface area (Å²) in [6.45, 7) is 1.10. The molecule has 100 valence electrons. The van der Waals surface area contributed by atoms with Gasteiger partial charge >= 0.3 is 0 Å². The maximum absolute atomic E-state index is 11.8. The lowest BCUT2D eigenvalue weighted by molar-refractivity contribution is -0.149. The number of nitrogens with two attached hydrogens (primary N) is 1. The first kappa shape index (κ1) is 13.6. The second-order valence-electron chi connectivity index (χ2n) is 4.31. The number of thiophene rings is 1. The van der Waals surface area contributed by atoms with Gasteiger partial charge in [-0.1, -0.05) is 11.8 Å². The van der Waals surface area contributed by atoms with Gasteiger partial charge in [-0.2, -0.15) is 0 Å². The third-order valence-electron chi connectivity index (χ3n) is 2.81. The van der Waals surface area contributed by atoms with E-state index >= 15 is 0 Å². The van der Waals surface area contributed by atoms with Gasteiger partial charge in [-0.05, 0) is 6.07 Å². The van der Waals surface area contributed by atoms with Gasteiger partial charge in [-0.25, -0.2) is 0 Å². The highest BCUT2D eigenvalue weighted by molar-refractivity contribution is 7.10. The molecule has 1 fully saturated rings. The zero-order chi connectivity index (χ0) is 13.8. The molecule has 0 atom stereocenters. The Morgan fingerprint density at radius 1 is 1.37 bits per heavy atom. The van der Waals surface area contributed by atoms with E-state index in [-0.39, 0.29) is 24.9 Å². The van der Waals surface area contributed by atoms with Crippen LogP contribution in [0.4, 0.5) is 0 Å². The van der Waals surface area contributed by atoms with Crippen LogP contribution in [0.1, 0.15) is 10.4 Å². The third kappa shape index (κ3) is 3.34. The molecule has 5 nitrogen and oxygen atoms in total. The average molecular weight is 277 g/mol. The monoisotopic (exact) mass is 277 g/mol. The number of nitrogens with zero attached hydrogens (tertiary/aromatic N) is 2. The number of carbonyl (C=O) groups excluding carboxylic acids is 2. The quantitative estimate of drug-likeness (QED) is 0.765. The van der Waals surface area contributed by atoms with Crippen LogP contribution in [0.5, 0.6) is 0 Å². The van der Waals surface area contributed by atoms with Crippen LogP contribution in [0.3, 0.4) is 0 Å². The van der Waals surface area contributed by atoms with Crippen molar-refractivity contribution in [2.24, 2.45) is 5.73 Å².